The predicted octanol–water partition coefficient (Wildman–Crippen LogP) is 2.83. The molecule has 0 bridgehead atoms. The van der Waals surface area contributed by atoms with Crippen molar-refractivity contribution in [3.63, 3.8) is 0 Å². The van der Waals surface area contributed by atoms with Gasteiger partial charge in [-0.25, -0.2) is 4.98 Å². The predicted molar refractivity (Wildman–Crippen MR) is 60.0 cm³/mol. The maximum absolute atomic E-state index is 11.5. The zero-order valence-electron chi connectivity index (χ0n) is 8.25. The van der Waals surface area contributed by atoms with Crippen molar-refractivity contribution in [2.45, 2.75) is 20.3 Å². The Bertz CT molecular complexity index is 328. The van der Waals surface area contributed by atoms with Crippen LogP contribution in [0.1, 0.15) is 20.3 Å². The zero-order chi connectivity index (χ0) is 10.6. The summed E-state index contributed by atoms with van der Waals surface area (Å²) in [5.41, 5.74) is 0. The molecule has 0 aliphatic heterocycles. The lowest BCUT2D eigenvalue weighted by atomic mass is 10.1. The fraction of sp³-hybridized carbons (Fsp3) is 0.400. The minimum Gasteiger partial charge on any atom is -0.310 e. The Morgan fingerprint density at radius 3 is 2.93 bits per heavy atom. The average molecular weight is 257 g/mol. The van der Waals surface area contributed by atoms with Gasteiger partial charge < -0.3 is 5.32 Å². The summed E-state index contributed by atoms with van der Waals surface area (Å²) in [6, 6.07) is 5.42. The molecule has 1 atom stereocenters. The molecule has 1 aromatic rings. The Labute approximate surface area is 92.1 Å². The fourth-order valence-electron chi connectivity index (χ4n) is 0.913. The van der Waals surface area contributed by atoms with Gasteiger partial charge in [0.05, 0.1) is 0 Å². The van der Waals surface area contributed by atoms with E-state index in [1.807, 2.05) is 26.0 Å². The van der Waals surface area contributed by atoms with Crippen LogP contribution in [0, 0.1) is 5.92 Å². The van der Waals surface area contributed by atoms with E-state index in [4.69, 9.17) is 0 Å². The number of hydrogen-bond acceptors (Lipinski definition) is 2. The Kier molecular flexibility index (Phi) is 4.07. The minimum atomic E-state index is 0.0121. The summed E-state index contributed by atoms with van der Waals surface area (Å²) in [7, 11) is 0. The third-order valence-corrected chi connectivity index (χ3v) is 2.47. The highest BCUT2D eigenvalue weighted by molar-refractivity contribution is 9.10. The van der Waals surface area contributed by atoms with Crippen LogP contribution >= 0.6 is 15.9 Å². The van der Waals surface area contributed by atoms with Crippen LogP contribution in [-0.2, 0) is 4.79 Å². The number of aromatic nitrogens is 1. The van der Waals surface area contributed by atoms with E-state index in [0.29, 0.717) is 5.82 Å². The van der Waals surface area contributed by atoms with Gasteiger partial charge in [0, 0.05) is 5.92 Å². The molecule has 1 amide bonds. The summed E-state index contributed by atoms with van der Waals surface area (Å²) in [6.07, 6.45) is 0.833. The monoisotopic (exact) mass is 256 g/mol. The quantitative estimate of drug-likeness (QED) is 0.846. The zero-order valence-corrected chi connectivity index (χ0v) is 9.84. The van der Waals surface area contributed by atoms with Crippen molar-refractivity contribution in [3.05, 3.63) is 22.8 Å². The number of nitrogens with zero attached hydrogens (tertiary/aromatic N) is 1. The standard InChI is InChI=1S/C10H13BrN2O/c1-3-7(2)10(14)13-9-6-4-5-8(11)12-9/h4-7H,3H2,1-2H3,(H,12,13,14). The second kappa shape index (κ2) is 5.10. The molecule has 14 heavy (non-hydrogen) atoms. The lowest BCUT2D eigenvalue weighted by Gasteiger charge is -2.08. The van der Waals surface area contributed by atoms with Crippen LogP contribution in [0.3, 0.4) is 0 Å². The van der Waals surface area contributed by atoms with Crippen LogP contribution in [0.4, 0.5) is 5.82 Å². The third-order valence-electron chi connectivity index (χ3n) is 2.03. The van der Waals surface area contributed by atoms with Crippen molar-refractivity contribution in [2.75, 3.05) is 5.32 Å². The number of carbonyl (C=O) groups is 1. The topological polar surface area (TPSA) is 42.0 Å². The van der Waals surface area contributed by atoms with Crippen molar-refractivity contribution >= 4 is 27.7 Å². The molecule has 3 nitrogen and oxygen atoms in total. The number of nitrogens with one attached hydrogen (secondary N) is 1. The van der Waals surface area contributed by atoms with Crippen molar-refractivity contribution < 1.29 is 4.79 Å². The summed E-state index contributed by atoms with van der Waals surface area (Å²) < 4.78 is 0.722. The van der Waals surface area contributed by atoms with Crippen LogP contribution in [0.2, 0.25) is 0 Å². The van der Waals surface area contributed by atoms with Gasteiger partial charge in [-0.2, -0.15) is 0 Å². The van der Waals surface area contributed by atoms with E-state index in [0.717, 1.165) is 11.0 Å². The third kappa shape index (κ3) is 3.10. The SMILES string of the molecule is CCC(C)C(=O)Nc1cccc(Br)n1. The first-order valence-electron chi connectivity index (χ1n) is 4.57. The molecule has 0 aliphatic carbocycles. The first-order chi connectivity index (χ1) is 6.63. The lowest BCUT2D eigenvalue weighted by molar-refractivity contribution is -0.119. The van der Waals surface area contributed by atoms with Gasteiger partial charge in [-0.05, 0) is 34.5 Å². The number of amides is 1. The molecule has 1 unspecified atom stereocenters. The number of pyridine rings is 1. The highest BCUT2D eigenvalue weighted by atomic mass is 79.9. The van der Waals surface area contributed by atoms with Crippen molar-refractivity contribution in [1.29, 1.82) is 0 Å². The normalized spacial score (nSPS) is 12.2. The van der Waals surface area contributed by atoms with E-state index >= 15 is 0 Å². The second-order valence-corrected chi connectivity index (χ2v) is 3.96. The molecule has 1 N–H and O–H groups in total. The highest BCUT2D eigenvalue weighted by Crippen LogP contribution is 2.11. The Morgan fingerprint density at radius 2 is 2.36 bits per heavy atom. The van der Waals surface area contributed by atoms with Gasteiger partial charge in [0.15, 0.2) is 0 Å². The molecular weight excluding hydrogens is 244 g/mol. The van der Waals surface area contributed by atoms with E-state index in [1.165, 1.54) is 0 Å². The molecule has 0 aliphatic rings. The largest absolute Gasteiger partial charge is 0.310 e. The molecule has 1 rings (SSSR count). The molecule has 0 saturated carbocycles. The Balaban J connectivity index is 2.65. The first kappa shape index (κ1) is 11.2. The van der Waals surface area contributed by atoms with Crippen molar-refractivity contribution in [3.8, 4) is 0 Å². The summed E-state index contributed by atoms with van der Waals surface area (Å²) >= 11 is 3.24. The van der Waals surface area contributed by atoms with E-state index in [1.54, 1.807) is 6.07 Å². The molecule has 0 fully saturated rings. The summed E-state index contributed by atoms with van der Waals surface area (Å²) in [4.78, 5) is 15.6. The summed E-state index contributed by atoms with van der Waals surface area (Å²) in [5, 5.41) is 2.75. The van der Waals surface area contributed by atoms with Crippen molar-refractivity contribution in [2.24, 2.45) is 5.92 Å². The molecule has 0 radical (unpaired) electrons. The fourth-order valence-corrected chi connectivity index (χ4v) is 1.26. The first-order valence-corrected chi connectivity index (χ1v) is 5.36. The number of halogens is 1. The van der Waals surface area contributed by atoms with Crippen molar-refractivity contribution in [1.82, 2.24) is 4.98 Å². The summed E-state index contributed by atoms with van der Waals surface area (Å²) in [5.74, 6) is 0.624. The number of anilines is 1. The number of rotatable bonds is 3. The molecule has 0 saturated heterocycles. The van der Waals surface area contributed by atoms with Gasteiger partial charge in [-0.3, -0.25) is 4.79 Å². The van der Waals surface area contributed by atoms with Gasteiger partial charge in [0.2, 0.25) is 5.91 Å². The van der Waals surface area contributed by atoms with Gasteiger partial charge >= 0.3 is 0 Å². The molecule has 0 aromatic carbocycles. The Hall–Kier alpha value is -0.900. The molecule has 1 aromatic heterocycles. The second-order valence-electron chi connectivity index (χ2n) is 3.14. The maximum Gasteiger partial charge on any atom is 0.228 e. The van der Waals surface area contributed by atoms with Crippen LogP contribution in [0.25, 0.3) is 0 Å². The van der Waals surface area contributed by atoms with Crippen LogP contribution in [0.5, 0.6) is 0 Å². The number of hydrogen-bond donors (Lipinski definition) is 1. The number of carbonyl (C=O) groups excluding carboxylic acids is 1. The molecule has 4 heteroatoms. The molecular formula is C10H13BrN2O. The Morgan fingerprint density at radius 1 is 1.64 bits per heavy atom. The van der Waals surface area contributed by atoms with E-state index in [2.05, 4.69) is 26.2 Å². The molecule has 0 spiro atoms. The maximum atomic E-state index is 11.5. The van der Waals surface area contributed by atoms with E-state index in [-0.39, 0.29) is 11.8 Å². The van der Waals surface area contributed by atoms with Gasteiger partial charge in [-0.15, -0.1) is 0 Å². The highest BCUT2D eigenvalue weighted by Gasteiger charge is 2.10. The summed E-state index contributed by atoms with van der Waals surface area (Å²) in [6.45, 7) is 3.88. The lowest BCUT2D eigenvalue weighted by Crippen LogP contribution is -2.20. The smallest absolute Gasteiger partial charge is 0.228 e. The molecule has 76 valence electrons. The van der Waals surface area contributed by atoms with E-state index < -0.39 is 0 Å². The van der Waals surface area contributed by atoms with Crippen LogP contribution in [-0.4, -0.2) is 10.9 Å². The van der Waals surface area contributed by atoms with Gasteiger partial charge in [0.25, 0.3) is 0 Å². The van der Waals surface area contributed by atoms with Crippen LogP contribution < -0.4 is 5.32 Å². The van der Waals surface area contributed by atoms with Gasteiger partial charge in [0.1, 0.15) is 10.4 Å². The van der Waals surface area contributed by atoms with Crippen LogP contribution in [0.15, 0.2) is 22.8 Å². The van der Waals surface area contributed by atoms with Gasteiger partial charge in [-0.1, -0.05) is 19.9 Å². The minimum absolute atomic E-state index is 0.0121. The molecule has 1 heterocycles. The van der Waals surface area contributed by atoms with E-state index in [9.17, 15) is 4.79 Å². The average Bonchev–Trinajstić information content (AvgIpc) is 2.16.